The highest BCUT2D eigenvalue weighted by Crippen LogP contribution is 2.32. The van der Waals surface area contributed by atoms with Crippen molar-refractivity contribution < 1.29 is 22.7 Å². The standard InChI is InChI=1S/C20H22Cl2N2O5S/c1-12(2)18(24-30(27,28)14-7-5-4-6-8-14)20(26)29-11-16(25)23-19-15(21)10-9-13(3)17(19)22/h4-10,12,18,24H,11H2,1-3H3,(H,23,25)/t18-/m1/s1. The molecule has 2 rings (SSSR count). The Balaban J connectivity index is 2.04. The van der Waals surface area contributed by atoms with Gasteiger partial charge in [0.05, 0.1) is 20.6 Å². The summed E-state index contributed by atoms with van der Waals surface area (Å²) >= 11 is 12.2. The maximum Gasteiger partial charge on any atom is 0.324 e. The Bertz CT molecular complexity index is 1030. The Morgan fingerprint density at radius 1 is 1.07 bits per heavy atom. The average molecular weight is 473 g/mol. The highest BCUT2D eigenvalue weighted by atomic mass is 35.5. The molecule has 0 saturated heterocycles. The van der Waals surface area contributed by atoms with E-state index in [1.54, 1.807) is 51.1 Å². The quantitative estimate of drug-likeness (QED) is 0.569. The second kappa shape index (κ2) is 10.3. The fraction of sp³-hybridized carbons (Fsp3) is 0.300. The predicted octanol–water partition coefficient (Wildman–Crippen LogP) is 3.79. The molecule has 7 nitrogen and oxygen atoms in total. The molecule has 0 fully saturated rings. The van der Waals surface area contributed by atoms with Gasteiger partial charge in [0.1, 0.15) is 6.04 Å². The SMILES string of the molecule is Cc1ccc(Cl)c(NC(=O)COC(=O)[C@H](NS(=O)(=O)c2ccccc2)C(C)C)c1Cl. The van der Waals surface area contributed by atoms with Crippen LogP contribution in [0.3, 0.4) is 0 Å². The molecule has 0 aromatic heterocycles. The van der Waals surface area contributed by atoms with Crippen molar-refractivity contribution in [2.75, 3.05) is 11.9 Å². The summed E-state index contributed by atoms with van der Waals surface area (Å²) in [7, 11) is -3.94. The van der Waals surface area contributed by atoms with E-state index in [0.29, 0.717) is 5.56 Å². The normalized spacial score (nSPS) is 12.5. The number of nitrogens with one attached hydrogen (secondary N) is 2. The first-order chi connectivity index (χ1) is 14.0. The van der Waals surface area contributed by atoms with E-state index < -0.39 is 40.5 Å². The van der Waals surface area contributed by atoms with E-state index in [4.69, 9.17) is 27.9 Å². The molecule has 0 spiro atoms. The number of esters is 1. The predicted molar refractivity (Wildman–Crippen MR) is 116 cm³/mol. The molecule has 0 aliphatic heterocycles. The van der Waals surface area contributed by atoms with Crippen LogP contribution in [-0.4, -0.2) is 32.9 Å². The van der Waals surface area contributed by atoms with Gasteiger partial charge in [-0.2, -0.15) is 4.72 Å². The van der Waals surface area contributed by atoms with Crippen molar-refractivity contribution in [3.05, 3.63) is 58.1 Å². The Labute approximate surface area is 185 Å². The number of rotatable bonds is 8. The first kappa shape index (κ1) is 24.1. The summed E-state index contributed by atoms with van der Waals surface area (Å²) in [6.45, 7) is 4.44. The highest BCUT2D eigenvalue weighted by Gasteiger charge is 2.30. The lowest BCUT2D eigenvalue weighted by Crippen LogP contribution is -2.45. The van der Waals surface area contributed by atoms with Crippen molar-refractivity contribution in [1.82, 2.24) is 4.72 Å². The van der Waals surface area contributed by atoms with Gasteiger partial charge in [-0.15, -0.1) is 0 Å². The highest BCUT2D eigenvalue weighted by molar-refractivity contribution is 7.89. The maximum absolute atomic E-state index is 12.5. The van der Waals surface area contributed by atoms with Crippen LogP contribution in [-0.2, 0) is 24.3 Å². The third-order valence-corrected chi connectivity index (χ3v) is 6.41. The molecule has 1 amide bonds. The van der Waals surface area contributed by atoms with Crippen LogP contribution in [0.4, 0.5) is 5.69 Å². The number of halogens is 2. The zero-order valence-electron chi connectivity index (χ0n) is 16.6. The summed E-state index contributed by atoms with van der Waals surface area (Å²) in [5.41, 5.74) is 0.924. The lowest BCUT2D eigenvalue weighted by Gasteiger charge is -2.21. The molecule has 1 atom stereocenters. The van der Waals surface area contributed by atoms with Gasteiger partial charge in [-0.1, -0.05) is 61.3 Å². The number of carbonyl (C=O) groups is 2. The summed E-state index contributed by atoms with van der Waals surface area (Å²) in [5, 5.41) is 3.01. The number of aryl methyl sites for hydroxylation is 1. The molecule has 2 aromatic carbocycles. The van der Waals surface area contributed by atoms with Gasteiger partial charge in [-0.05, 0) is 36.6 Å². The van der Waals surface area contributed by atoms with Crippen molar-refractivity contribution in [1.29, 1.82) is 0 Å². The van der Waals surface area contributed by atoms with Crippen LogP contribution in [0, 0.1) is 12.8 Å². The topological polar surface area (TPSA) is 102 Å². The van der Waals surface area contributed by atoms with Gasteiger partial charge in [0.2, 0.25) is 10.0 Å². The second-order valence-corrected chi connectivity index (χ2v) is 9.36. The molecule has 0 aliphatic carbocycles. The van der Waals surface area contributed by atoms with Crippen LogP contribution in [0.1, 0.15) is 19.4 Å². The molecule has 162 valence electrons. The van der Waals surface area contributed by atoms with E-state index in [2.05, 4.69) is 10.0 Å². The van der Waals surface area contributed by atoms with Crippen molar-refractivity contribution >= 4 is 50.8 Å². The van der Waals surface area contributed by atoms with E-state index in [1.807, 2.05) is 0 Å². The zero-order valence-corrected chi connectivity index (χ0v) is 18.9. The summed E-state index contributed by atoms with van der Waals surface area (Å²) in [6, 6.07) is 9.76. The van der Waals surface area contributed by atoms with Crippen LogP contribution >= 0.6 is 23.2 Å². The molecule has 30 heavy (non-hydrogen) atoms. The van der Waals surface area contributed by atoms with Crippen LogP contribution in [0.2, 0.25) is 10.0 Å². The maximum atomic E-state index is 12.5. The third kappa shape index (κ3) is 6.18. The minimum atomic E-state index is -3.94. The van der Waals surface area contributed by atoms with Gasteiger partial charge in [0, 0.05) is 0 Å². The average Bonchev–Trinajstić information content (AvgIpc) is 2.71. The monoisotopic (exact) mass is 472 g/mol. The van der Waals surface area contributed by atoms with E-state index >= 15 is 0 Å². The molecule has 0 radical (unpaired) electrons. The molecule has 0 aliphatic rings. The third-order valence-electron chi connectivity index (χ3n) is 4.15. The van der Waals surface area contributed by atoms with E-state index in [1.165, 1.54) is 12.1 Å². The van der Waals surface area contributed by atoms with Gasteiger partial charge in [0.25, 0.3) is 5.91 Å². The molecule has 0 unspecified atom stereocenters. The second-order valence-electron chi connectivity index (χ2n) is 6.87. The van der Waals surface area contributed by atoms with E-state index in [9.17, 15) is 18.0 Å². The fourth-order valence-corrected chi connectivity index (χ4v) is 4.28. The van der Waals surface area contributed by atoms with Crippen molar-refractivity contribution in [2.45, 2.75) is 31.7 Å². The van der Waals surface area contributed by atoms with Gasteiger partial charge in [-0.3, -0.25) is 9.59 Å². The first-order valence-electron chi connectivity index (χ1n) is 9.01. The zero-order chi connectivity index (χ0) is 22.5. The Kier molecular flexibility index (Phi) is 8.25. The van der Waals surface area contributed by atoms with Gasteiger partial charge in [0.15, 0.2) is 6.61 Å². The summed E-state index contributed by atoms with van der Waals surface area (Å²) in [6.07, 6.45) is 0. The largest absolute Gasteiger partial charge is 0.454 e. The molecule has 0 bridgehead atoms. The number of hydrogen-bond acceptors (Lipinski definition) is 5. The van der Waals surface area contributed by atoms with Crippen LogP contribution in [0.15, 0.2) is 47.4 Å². The molecule has 2 N–H and O–H groups in total. The Hall–Kier alpha value is -2.13. The molecule has 2 aromatic rings. The minimum Gasteiger partial charge on any atom is -0.454 e. The number of sulfonamides is 1. The van der Waals surface area contributed by atoms with Crippen LogP contribution in [0.25, 0.3) is 0 Å². The van der Waals surface area contributed by atoms with E-state index in [-0.39, 0.29) is 20.6 Å². The summed E-state index contributed by atoms with van der Waals surface area (Å²) in [5.74, 6) is -1.95. The Morgan fingerprint density at radius 2 is 1.70 bits per heavy atom. The fourth-order valence-electron chi connectivity index (χ4n) is 2.46. The lowest BCUT2D eigenvalue weighted by molar-refractivity contribution is -0.150. The van der Waals surface area contributed by atoms with Gasteiger partial charge >= 0.3 is 5.97 Å². The Morgan fingerprint density at radius 3 is 2.30 bits per heavy atom. The number of hydrogen-bond donors (Lipinski definition) is 2. The van der Waals surface area contributed by atoms with Crippen molar-refractivity contribution in [2.24, 2.45) is 5.92 Å². The molecular weight excluding hydrogens is 451 g/mol. The number of ether oxygens (including phenoxy) is 1. The molecular formula is C20H22Cl2N2O5S. The first-order valence-corrected chi connectivity index (χ1v) is 11.2. The van der Waals surface area contributed by atoms with E-state index in [0.717, 1.165) is 0 Å². The molecule has 0 heterocycles. The van der Waals surface area contributed by atoms with Crippen molar-refractivity contribution in [3.8, 4) is 0 Å². The summed E-state index contributed by atoms with van der Waals surface area (Å²) < 4.78 is 32.4. The number of carbonyl (C=O) groups excluding carboxylic acids is 2. The van der Waals surface area contributed by atoms with Gasteiger partial charge in [-0.25, -0.2) is 8.42 Å². The van der Waals surface area contributed by atoms with Crippen LogP contribution in [0.5, 0.6) is 0 Å². The van der Waals surface area contributed by atoms with Gasteiger partial charge < -0.3 is 10.1 Å². The smallest absolute Gasteiger partial charge is 0.324 e. The lowest BCUT2D eigenvalue weighted by atomic mass is 10.1. The molecule has 10 heteroatoms. The number of benzene rings is 2. The molecule has 0 saturated carbocycles. The van der Waals surface area contributed by atoms with Crippen molar-refractivity contribution in [3.63, 3.8) is 0 Å². The number of anilines is 1. The van der Waals surface area contributed by atoms with Crippen LogP contribution < -0.4 is 10.0 Å². The minimum absolute atomic E-state index is 0.0184. The summed E-state index contributed by atoms with van der Waals surface area (Å²) in [4.78, 5) is 24.7. The number of amides is 1.